The number of nitrogens with one attached hydrogen (secondary N) is 8. The first kappa shape index (κ1) is 50.9. The molecule has 6 heterocycles. The van der Waals surface area contributed by atoms with Crippen molar-refractivity contribution >= 4 is 89.0 Å². The number of para-hydroxylation sites is 3. The van der Waals surface area contributed by atoms with Gasteiger partial charge in [0.1, 0.15) is 23.0 Å². The van der Waals surface area contributed by atoms with Gasteiger partial charge in [0.2, 0.25) is 17.7 Å². The molecule has 20 heteroatoms. The minimum atomic E-state index is -2.89. The minimum Gasteiger partial charge on any atom is -0.337 e. The van der Waals surface area contributed by atoms with Crippen molar-refractivity contribution in [2.45, 2.75) is 79.1 Å². The smallest absolute Gasteiger partial charge is 0.260 e. The number of anilines is 2. The summed E-state index contributed by atoms with van der Waals surface area (Å²) in [5, 5.41) is 30.2. The second-order valence-corrected chi connectivity index (χ2v) is 20.1. The molecular weight excluding hydrogens is 1000 g/mol. The van der Waals surface area contributed by atoms with E-state index in [1.54, 1.807) is 24.3 Å². The number of H-pyrrole nitrogens is 6. The number of carbonyl (C=O) groups excluding carboxylic acids is 2. The summed E-state index contributed by atoms with van der Waals surface area (Å²) in [6, 6.07) is 34.8. The third-order valence-corrected chi connectivity index (χ3v) is 14.4. The van der Waals surface area contributed by atoms with E-state index in [1.165, 1.54) is 11.1 Å². The Balaban J connectivity index is 0.000000126. The monoisotopic (exact) mass is 1050 g/mol. The van der Waals surface area contributed by atoms with Crippen molar-refractivity contribution in [1.82, 2.24) is 60.5 Å². The molecule has 0 spiro atoms. The third-order valence-electron chi connectivity index (χ3n) is 14.4. The van der Waals surface area contributed by atoms with Gasteiger partial charge in [0.15, 0.2) is 17.5 Å². The number of carbonyl (C=O) groups is 2. The van der Waals surface area contributed by atoms with Crippen LogP contribution in [0, 0.1) is 39.5 Å². The number of fused-ring (bicyclic) bond motifs is 6. The second-order valence-electron chi connectivity index (χ2n) is 20.1. The summed E-state index contributed by atoms with van der Waals surface area (Å²) in [5.74, 6) is -5.98. The Hall–Kier alpha value is -9.20. The zero-order valence-electron chi connectivity index (χ0n) is 42.1. The van der Waals surface area contributed by atoms with Crippen LogP contribution < -0.4 is 10.6 Å². The Labute approximate surface area is 442 Å². The molecule has 16 nitrogen and oxygen atoms in total. The number of hydrogen-bond donors (Lipinski definition) is 8. The average molecular weight is 1060 g/mol. The van der Waals surface area contributed by atoms with Crippen molar-refractivity contribution in [3.8, 4) is 34.6 Å². The van der Waals surface area contributed by atoms with E-state index in [-0.39, 0.29) is 44.9 Å². The fraction of sp³-hybridized carbons (Fsp3) is 0.241. The topological polar surface area (TPSA) is 230 Å². The summed E-state index contributed by atoms with van der Waals surface area (Å²) in [5.41, 5.74) is 16.0. The zero-order chi connectivity index (χ0) is 53.3. The lowest BCUT2D eigenvalue weighted by atomic mass is 9.86. The predicted molar refractivity (Wildman–Crippen MR) is 296 cm³/mol. The number of hydrogen-bond acceptors (Lipinski definition) is 8. The van der Waals surface area contributed by atoms with Crippen molar-refractivity contribution in [3.05, 3.63) is 131 Å². The second kappa shape index (κ2) is 19.7. The molecule has 78 heavy (non-hydrogen) atoms. The van der Waals surface area contributed by atoms with E-state index in [1.807, 2.05) is 74.5 Å². The highest BCUT2D eigenvalue weighted by Gasteiger charge is 2.61. The minimum absolute atomic E-state index is 0. The van der Waals surface area contributed by atoms with Crippen molar-refractivity contribution in [1.29, 1.82) is 0 Å². The molecule has 6 aromatic heterocycles. The van der Waals surface area contributed by atoms with E-state index < -0.39 is 30.1 Å². The Kier molecular flexibility index (Phi) is 12.9. The number of nitrogens with zero attached hydrogens (tertiary/aromatic N) is 6. The van der Waals surface area contributed by atoms with Gasteiger partial charge in [-0.25, -0.2) is 32.5 Å². The maximum atomic E-state index is 13.4. The number of alkyl halides is 4. The molecule has 396 valence electrons. The molecule has 2 aliphatic carbocycles. The van der Waals surface area contributed by atoms with E-state index in [0.717, 1.165) is 88.5 Å². The third kappa shape index (κ3) is 9.80. The quantitative estimate of drug-likeness (QED) is 0.0714. The van der Waals surface area contributed by atoms with Crippen LogP contribution in [-0.4, -0.2) is 84.2 Å². The van der Waals surface area contributed by atoms with Gasteiger partial charge >= 0.3 is 0 Å². The Bertz CT molecular complexity index is 4250. The molecular formula is C58H54F4N14O2. The Morgan fingerprint density at radius 2 is 0.897 bits per heavy atom. The Morgan fingerprint density at radius 1 is 0.513 bits per heavy atom. The van der Waals surface area contributed by atoms with Crippen LogP contribution in [0.3, 0.4) is 0 Å². The van der Waals surface area contributed by atoms with Crippen LogP contribution >= 0.6 is 0 Å². The van der Waals surface area contributed by atoms with Gasteiger partial charge in [0.25, 0.3) is 5.92 Å². The molecule has 14 rings (SSSR count). The summed E-state index contributed by atoms with van der Waals surface area (Å²) < 4.78 is 52.9. The molecule has 0 radical (unpaired) electrons. The number of amides is 2. The molecule has 0 aliphatic heterocycles. The van der Waals surface area contributed by atoms with Crippen molar-refractivity contribution in [2.75, 3.05) is 10.6 Å². The molecule has 2 saturated carbocycles. The highest BCUT2D eigenvalue weighted by atomic mass is 19.3. The van der Waals surface area contributed by atoms with E-state index in [2.05, 4.69) is 104 Å². The molecule has 0 bridgehead atoms. The zero-order valence-corrected chi connectivity index (χ0v) is 42.1. The number of aromatic amines is 6. The van der Waals surface area contributed by atoms with Crippen LogP contribution in [0.2, 0.25) is 0 Å². The van der Waals surface area contributed by atoms with Crippen LogP contribution in [0.15, 0.2) is 109 Å². The fourth-order valence-electron chi connectivity index (χ4n) is 9.99. The first-order valence-electron chi connectivity index (χ1n) is 25.2. The van der Waals surface area contributed by atoms with Crippen molar-refractivity contribution < 1.29 is 27.2 Å². The van der Waals surface area contributed by atoms with Crippen molar-refractivity contribution in [2.24, 2.45) is 11.8 Å². The molecule has 1 atom stereocenters. The normalized spacial score (nSPS) is 15.7. The number of aromatic nitrogens is 12. The first-order chi connectivity index (χ1) is 37.0. The number of rotatable bonds is 7. The van der Waals surface area contributed by atoms with Crippen LogP contribution in [-0.2, 0) is 9.59 Å². The van der Waals surface area contributed by atoms with Crippen LogP contribution in [0.1, 0.15) is 61.8 Å². The van der Waals surface area contributed by atoms with Gasteiger partial charge in [0.05, 0.1) is 49.7 Å². The van der Waals surface area contributed by atoms with Gasteiger partial charge in [0, 0.05) is 52.7 Å². The molecule has 2 fully saturated rings. The first-order valence-corrected chi connectivity index (χ1v) is 25.2. The number of benzene rings is 6. The summed E-state index contributed by atoms with van der Waals surface area (Å²) >= 11 is 0. The summed E-state index contributed by atoms with van der Waals surface area (Å²) in [6.07, 6.45) is -0.452. The SMILES string of the molecule is C.Cc1ccc2[nH]nc(-c3nc4c(C)cccc4[nH]3)c2c1.Cc1cccc2[nH]c(-c3n[nH]c4ccc(NC(=O)C5CC5(F)F)cc34)nc12.Cc1cccc2[nH]c(-c3n[nH]c4ccc(NC(=O)C5CCC(F)(F)CC5)cc34)nc12. The Morgan fingerprint density at radius 3 is 1.29 bits per heavy atom. The molecule has 8 N–H and O–H groups in total. The largest absolute Gasteiger partial charge is 0.337 e. The van der Waals surface area contributed by atoms with Gasteiger partial charge in [-0.15, -0.1) is 0 Å². The fourth-order valence-corrected chi connectivity index (χ4v) is 9.99. The van der Waals surface area contributed by atoms with Gasteiger partial charge < -0.3 is 25.6 Å². The van der Waals surface area contributed by atoms with Gasteiger partial charge in [-0.3, -0.25) is 24.9 Å². The molecule has 0 saturated heterocycles. The highest BCUT2D eigenvalue weighted by Crippen LogP contribution is 2.49. The van der Waals surface area contributed by atoms with Gasteiger partial charge in [-0.1, -0.05) is 55.5 Å². The summed E-state index contributed by atoms with van der Waals surface area (Å²) in [4.78, 5) is 48.4. The van der Waals surface area contributed by atoms with Crippen LogP contribution in [0.5, 0.6) is 0 Å². The highest BCUT2D eigenvalue weighted by molar-refractivity contribution is 6.01. The molecule has 2 amide bonds. The van der Waals surface area contributed by atoms with Gasteiger partial charge in [-0.05, 0) is 124 Å². The van der Waals surface area contributed by atoms with E-state index in [0.29, 0.717) is 34.4 Å². The maximum Gasteiger partial charge on any atom is 0.260 e. The average Bonchev–Trinajstić information content (AvgIpc) is 4.23. The van der Waals surface area contributed by atoms with Crippen LogP contribution in [0.4, 0.5) is 28.9 Å². The lowest BCUT2D eigenvalue weighted by molar-refractivity contribution is -0.124. The molecule has 1 unspecified atom stereocenters. The summed E-state index contributed by atoms with van der Waals surface area (Å²) in [6.45, 7) is 8.14. The lowest BCUT2D eigenvalue weighted by Crippen LogP contribution is -2.31. The van der Waals surface area contributed by atoms with E-state index in [4.69, 9.17) is 4.98 Å². The molecule has 6 aromatic carbocycles. The van der Waals surface area contributed by atoms with Gasteiger partial charge in [-0.2, -0.15) is 15.3 Å². The number of imidazole rings is 3. The maximum absolute atomic E-state index is 13.4. The number of halogens is 4. The predicted octanol–water partition coefficient (Wildman–Crippen LogP) is 13.5. The number of aryl methyl sites for hydroxylation is 4. The standard InChI is InChI=1S/C22H21F2N5O.C19H15F2N5O.C16H14N4.CH4/c1-12-3-2-4-17-18(12)27-20(26-17)19-15-11-14(5-6-16(15)28-29-19)25-21(30)13-7-9-22(23,24)10-8-13;1-9-3-2-4-14-15(9)24-17(23-14)16-11-7-10(5-6-13(11)25-26-16)22-18(27)12-8-19(12,20)21;1-9-6-7-12-11(8-9)15(20-19-12)16-17-13-5-3-4-10(2)14(13)18-16;/h2-6,11,13H,7-10H2,1H3,(H,25,30)(H,26,27)(H,28,29);2-7,12H,8H2,1H3,(H,22,27)(H,23,24)(H,25,26);3-8H,1-2H3,(H,17,18)(H,19,20);1H4. The van der Waals surface area contributed by atoms with E-state index in [9.17, 15) is 27.2 Å². The van der Waals surface area contributed by atoms with Crippen molar-refractivity contribution in [3.63, 3.8) is 0 Å². The van der Waals surface area contributed by atoms with Crippen LogP contribution in [0.25, 0.3) is 100 Å². The van der Waals surface area contributed by atoms with E-state index >= 15 is 0 Å². The summed E-state index contributed by atoms with van der Waals surface area (Å²) in [7, 11) is 0. The molecule has 2 aliphatic rings. The molecule has 12 aromatic rings. The lowest BCUT2D eigenvalue weighted by Gasteiger charge is -2.27.